The molecule has 2 atom stereocenters. The minimum Gasteiger partial charge on any atom is -0.464 e. The van der Waals surface area contributed by atoms with Gasteiger partial charge in [-0.1, -0.05) is 0 Å². The van der Waals surface area contributed by atoms with Crippen LogP contribution in [0.5, 0.6) is 0 Å². The van der Waals surface area contributed by atoms with Crippen LogP contribution in [0.15, 0.2) is 0 Å². The van der Waals surface area contributed by atoms with E-state index in [2.05, 4.69) is 0 Å². The van der Waals surface area contributed by atoms with Crippen molar-refractivity contribution in [2.75, 3.05) is 19.8 Å². The Kier molecular flexibility index (Phi) is 5.00. The van der Waals surface area contributed by atoms with Crippen LogP contribution in [0.1, 0.15) is 41.0 Å². The Bertz CT molecular complexity index is 380. The number of likely N-dealkylation sites (tertiary alicyclic amines) is 1. The van der Waals surface area contributed by atoms with Crippen molar-refractivity contribution >= 4 is 12.1 Å². The van der Waals surface area contributed by atoms with E-state index in [9.17, 15) is 14.0 Å². The van der Waals surface area contributed by atoms with Gasteiger partial charge in [-0.3, -0.25) is 9.29 Å². The van der Waals surface area contributed by atoms with Crippen molar-refractivity contribution in [2.45, 2.75) is 52.2 Å². The molecule has 0 unspecified atom stereocenters. The zero-order valence-corrected chi connectivity index (χ0v) is 12.9. The number of hydrogen-bond acceptors (Lipinski definition) is 4. The number of amides is 1. The second kappa shape index (κ2) is 5.97. The molecular formula is C14H24FNO4. The first kappa shape index (κ1) is 16.7. The monoisotopic (exact) mass is 289 g/mol. The first-order valence-corrected chi connectivity index (χ1v) is 6.90. The molecule has 0 bridgehead atoms. The van der Waals surface area contributed by atoms with Crippen molar-refractivity contribution in [3.05, 3.63) is 0 Å². The second-order valence-corrected chi connectivity index (χ2v) is 6.14. The van der Waals surface area contributed by atoms with Crippen LogP contribution in [0.3, 0.4) is 0 Å². The number of carbonyl (C=O) groups excluding carboxylic acids is 2. The Labute approximate surface area is 119 Å². The van der Waals surface area contributed by atoms with Crippen molar-refractivity contribution in [3.8, 4) is 0 Å². The van der Waals surface area contributed by atoms with Gasteiger partial charge in [0.1, 0.15) is 11.1 Å². The Hall–Kier alpha value is -1.33. The lowest BCUT2D eigenvalue weighted by atomic mass is 9.87. The third-order valence-electron chi connectivity index (χ3n) is 3.55. The van der Waals surface area contributed by atoms with Gasteiger partial charge in [0.2, 0.25) is 0 Å². The van der Waals surface area contributed by atoms with Gasteiger partial charge in [0, 0.05) is 12.5 Å². The zero-order valence-electron chi connectivity index (χ0n) is 12.9. The maximum atomic E-state index is 13.2. The highest BCUT2D eigenvalue weighted by Gasteiger charge is 2.55. The van der Waals surface area contributed by atoms with Gasteiger partial charge in [-0.2, -0.15) is 0 Å². The van der Waals surface area contributed by atoms with Gasteiger partial charge in [0.25, 0.3) is 0 Å². The molecule has 1 rings (SSSR count). The Balaban J connectivity index is 3.00. The molecule has 20 heavy (non-hydrogen) atoms. The normalized spacial score (nSPS) is 26.5. The minimum absolute atomic E-state index is 0.190. The third kappa shape index (κ3) is 3.22. The summed E-state index contributed by atoms with van der Waals surface area (Å²) in [5.41, 5.74) is -1.96. The number of halogens is 1. The summed E-state index contributed by atoms with van der Waals surface area (Å²) in [5.74, 6) is -1.14. The van der Waals surface area contributed by atoms with Gasteiger partial charge in [-0.25, -0.2) is 9.59 Å². The average Bonchev–Trinajstić information content (AvgIpc) is 2.65. The standard InChI is InChI=1S/C14H24FNO4/c1-6-19-11(17)14(5)10(9-15)7-8-16(14)12(18)20-13(2,3)4/h10H,6-9H2,1-5H3/t10-,14+/m0/s1. The van der Waals surface area contributed by atoms with Gasteiger partial charge < -0.3 is 9.47 Å². The predicted molar refractivity (Wildman–Crippen MR) is 72.1 cm³/mol. The summed E-state index contributed by atoms with van der Waals surface area (Å²) in [5, 5.41) is 0. The molecule has 0 aromatic rings. The Morgan fingerprint density at radius 2 is 2.00 bits per heavy atom. The highest BCUT2D eigenvalue weighted by atomic mass is 19.1. The first-order valence-electron chi connectivity index (χ1n) is 6.90. The second-order valence-electron chi connectivity index (χ2n) is 6.14. The van der Waals surface area contributed by atoms with E-state index in [0.717, 1.165) is 0 Å². The fourth-order valence-electron chi connectivity index (χ4n) is 2.40. The van der Waals surface area contributed by atoms with Gasteiger partial charge in [-0.05, 0) is 41.0 Å². The van der Waals surface area contributed by atoms with E-state index in [1.807, 2.05) is 0 Å². The number of rotatable bonds is 3. The fourth-order valence-corrected chi connectivity index (χ4v) is 2.40. The Morgan fingerprint density at radius 1 is 1.40 bits per heavy atom. The van der Waals surface area contributed by atoms with Gasteiger partial charge in [0.05, 0.1) is 13.3 Å². The molecule has 6 heteroatoms. The fraction of sp³-hybridized carbons (Fsp3) is 0.857. The smallest absolute Gasteiger partial charge is 0.411 e. The molecule has 0 aromatic carbocycles. The van der Waals surface area contributed by atoms with Crippen LogP contribution in [0.4, 0.5) is 9.18 Å². The van der Waals surface area contributed by atoms with E-state index in [1.54, 1.807) is 34.6 Å². The summed E-state index contributed by atoms with van der Waals surface area (Å²) in [4.78, 5) is 25.7. The zero-order chi connectivity index (χ0) is 15.6. The molecule has 1 aliphatic rings. The quantitative estimate of drug-likeness (QED) is 0.749. The summed E-state index contributed by atoms with van der Waals surface area (Å²) in [7, 11) is 0. The Morgan fingerprint density at radius 3 is 2.45 bits per heavy atom. The molecule has 1 fully saturated rings. The van der Waals surface area contributed by atoms with E-state index in [0.29, 0.717) is 13.0 Å². The molecule has 0 saturated carbocycles. The van der Waals surface area contributed by atoms with E-state index < -0.39 is 35.8 Å². The highest BCUT2D eigenvalue weighted by Crippen LogP contribution is 2.37. The molecule has 0 aliphatic carbocycles. The minimum atomic E-state index is -1.30. The molecule has 1 aliphatic heterocycles. The summed E-state index contributed by atoms with van der Waals surface area (Å²) >= 11 is 0. The number of esters is 1. The van der Waals surface area contributed by atoms with Crippen LogP contribution in [-0.2, 0) is 14.3 Å². The number of ether oxygens (including phenoxy) is 2. The molecule has 0 aromatic heterocycles. The number of nitrogens with zero attached hydrogens (tertiary/aromatic N) is 1. The van der Waals surface area contributed by atoms with Crippen molar-refractivity contribution in [1.82, 2.24) is 4.90 Å². The topological polar surface area (TPSA) is 55.8 Å². The van der Waals surface area contributed by atoms with Gasteiger partial charge in [0.15, 0.2) is 0 Å². The molecule has 1 amide bonds. The molecule has 116 valence electrons. The summed E-state index contributed by atoms with van der Waals surface area (Å²) in [6, 6.07) is 0. The van der Waals surface area contributed by atoms with Crippen LogP contribution in [-0.4, -0.2) is 47.9 Å². The lowest BCUT2D eigenvalue weighted by Crippen LogP contribution is -2.56. The van der Waals surface area contributed by atoms with E-state index in [-0.39, 0.29) is 6.61 Å². The molecule has 1 saturated heterocycles. The van der Waals surface area contributed by atoms with Crippen LogP contribution < -0.4 is 0 Å². The van der Waals surface area contributed by atoms with Crippen LogP contribution in [0.2, 0.25) is 0 Å². The van der Waals surface area contributed by atoms with E-state index in [1.165, 1.54) is 4.90 Å². The predicted octanol–water partition coefficient (Wildman–Crippen LogP) is 2.53. The summed E-state index contributed by atoms with van der Waals surface area (Å²) < 4.78 is 23.5. The summed E-state index contributed by atoms with van der Waals surface area (Å²) in [6.45, 7) is 8.27. The molecule has 0 radical (unpaired) electrons. The van der Waals surface area contributed by atoms with Gasteiger partial charge in [-0.15, -0.1) is 0 Å². The molecule has 5 nitrogen and oxygen atoms in total. The lowest BCUT2D eigenvalue weighted by Gasteiger charge is -2.36. The largest absolute Gasteiger partial charge is 0.464 e. The maximum Gasteiger partial charge on any atom is 0.411 e. The van der Waals surface area contributed by atoms with Crippen molar-refractivity contribution in [1.29, 1.82) is 0 Å². The summed E-state index contributed by atoms with van der Waals surface area (Å²) in [6.07, 6.45) is -0.186. The third-order valence-corrected chi connectivity index (χ3v) is 3.55. The van der Waals surface area contributed by atoms with Crippen molar-refractivity contribution in [2.24, 2.45) is 5.92 Å². The maximum absolute atomic E-state index is 13.2. The van der Waals surface area contributed by atoms with Crippen LogP contribution in [0.25, 0.3) is 0 Å². The number of carbonyl (C=O) groups is 2. The highest BCUT2D eigenvalue weighted by molar-refractivity contribution is 5.86. The van der Waals surface area contributed by atoms with E-state index in [4.69, 9.17) is 9.47 Å². The molecule has 1 heterocycles. The van der Waals surface area contributed by atoms with Crippen LogP contribution in [0, 0.1) is 5.92 Å². The SMILES string of the molecule is CCOC(=O)[C@@]1(C)[C@H](CF)CCN1C(=O)OC(C)(C)C. The first-order chi connectivity index (χ1) is 9.16. The van der Waals surface area contributed by atoms with Crippen LogP contribution >= 0.6 is 0 Å². The lowest BCUT2D eigenvalue weighted by molar-refractivity contribution is -0.157. The van der Waals surface area contributed by atoms with Crippen molar-refractivity contribution < 1.29 is 23.5 Å². The van der Waals surface area contributed by atoms with Gasteiger partial charge >= 0.3 is 12.1 Å². The molecular weight excluding hydrogens is 265 g/mol. The molecule has 0 spiro atoms. The van der Waals surface area contributed by atoms with E-state index >= 15 is 0 Å². The molecule has 0 N–H and O–H groups in total. The average molecular weight is 289 g/mol. The number of alkyl halides is 1. The van der Waals surface area contributed by atoms with Crippen molar-refractivity contribution in [3.63, 3.8) is 0 Å². The number of hydrogen-bond donors (Lipinski definition) is 0.